The van der Waals surface area contributed by atoms with Crippen LogP contribution in [0, 0.1) is 17.2 Å². The van der Waals surface area contributed by atoms with Crippen LogP contribution < -0.4 is 33.9 Å². The fraction of sp³-hybridized carbons (Fsp3) is 0.304. The van der Waals surface area contributed by atoms with E-state index in [0.717, 1.165) is 53.3 Å². The van der Waals surface area contributed by atoms with Gasteiger partial charge in [-0.15, -0.1) is 10.2 Å². The van der Waals surface area contributed by atoms with Crippen molar-refractivity contribution in [2.75, 3.05) is 25.0 Å². The first-order valence-electron chi connectivity index (χ1n) is 10.4. The van der Waals surface area contributed by atoms with Crippen molar-refractivity contribution in [3.63, 3.8) is 0 Å². The number of fused-ring (bicyclic) bond motifs is 4. The van der Waals surface area contributed by atoms with Crippen LogP contribution in [0.2, 0.25) is 0 Å². The summed E-state index contributed by atoms with van der Waals surface area (Å²) in [6, 6.07) is 14.8. The number of hydrogen-bond donors (Lipinski definition) is 1. The van der Waals surface area contributed by atoms with Gasteiger partial charge in [-0.2, -0.15) is 0 Å². The maximum atomic E-state index is 8.49. The quantitative estimate of drug-likeness (QED) is 0.255. The number of anilines is 1. The van der Waals surface area contributed by atoms with Crippen molar-refractivity contribution < 1.29 is 33.3 Å². The highest BCUT2D eigenvalue weighted by atomic mass is 35.7. The Balaban J connectivity index is 0.000000523. The summed E-state index contributed by atoms with van der Waals surface area (Å²) in [5.74, 6) is 0.828. The third kappa shape index (κ3) is 5.35. The van der Waals surface area contributed by atoms with E-state index in [4.69, 9.17) is 28.0 Å². The summed E-state index contributed by atoms with van der Waals surface area (Å²) < 4.78 is 42.7. The summed E-state index contributed by atoms with van der Waals surface area (Å²) in [5.41, 5.74) is 4.90. The van der Waals surface area contributed by atoms with E-state index in [2.05, 4.69) is 80.1 Å². The Morgan fingerprint density at radius 1 is 0.969 bits per heavy atom. The maximum absolute atomic E-state index is 8.49. The third-order valence-electron chi connectivity index (χ3n) is 5.19. The highest BCUT2D eigenvalue weighted by Crippen LogP contribution is 2.32. The topological polar surface area (TPSA) is 133 Å². The van der Waals surface area contributed by atoms with Crippen molar-refractivity contribution in [1.82, 2.24) is 9.56 Å². The second-order valence-corrected chi connectivity index (χ2v) is 7.97. The van der Waals surface area contributed by atoms with Crippen LogP contribution in [0.3, 0.4) is 0 Å². The molecule has 0 bridgehead atoms. The molecule has 0 saturated carbocycles. The summed E-state index contributed by atoms with van der Waals surface area (Å²) in [6.07, 6.45) is 0. The Kier molecular flexibility index (Phi) is 7.33. The van der Waals surface area contributed by atoms with Gasteiger partial charge in [-0.05, 0) is 45.4 Å². The van der Waals surface area contributed by atoms with Gasteiger partial charge in [0.1, 0.15) is 24.3 Å². The zero-order valence-electron chi connectivity index (χ0n) is 18.5. The van der Waals surface area contributed by atoms with Crippen molar-refractivity contribution in [2.24, 2.45) is 0 Å². The molecule has 0 radical (unpaired) electrons. The minimum atomic E-state index is -4.94. The Morgan fingerprint density at radius 3 is 2.19 bits per heavy atom. The monoisotopic (exact) mass is 459 g/mol. The average Bonchev–Trinajstić information content (AvgIpc) is 2.73. The van der Waals surface area contributed by atoms with E-state index in [1.807, 2.05) is 0 Å². The smallest absolute Gasteiger partial charge is 0.211 e. The van der Waals surface area contributed by atoms with Crippen LogP contribution in [0.1, 0.15) is 26.3 Å². The predicted molar refractivity (Wildman–Crippen MR) is 113 cm³/mol. The second-order valence-electron chi connectivity index (χ2n) is 7.22. The third-order valence-corrected chi connectivity index (χ3v) is 5.19. The molecular formula is C23H26ClN3O5. The van der Waals surface area contributed by atoms with Crippen LogP contribution in [0.15, 0.2) is 46.9 Å². The molecule has 0 fully saturated rings. The number of halogens is 1. The van der Waals surface area contributed by atoms with Gasteiger partial charge >= 0.3 is 0 Å². The highest BCUT2D eigenvalue weighted by molar-refractivity contribution is 5.96. The van der Waals surface area contributed by atoms with E-state index < -0.39 is 10.2 Å². The van der Waals surface area contributed by atoms with E-state index >= 15 is 0 Å². The minimum absolute atomic E-state index is 0.810. The highest BCUT2D eigenvalue weighted by Gasteiger charge is 2.18. The first-order valence-corrected chi connectivity index (χ1v) is 11.6. The Bertz CT molecular complexity index is 1270. The van der Waals surface area contributed by atoms with Gasteiger partial charge < -0.3 is 9.73 Å². The van der Waals surface area contributed by atoms with Gasteiger partial charge in [-0.1, -0.05) is 18.2 Å². The minimum Gasteiger partial charge on any atom is -0.452 e. The molecule has 2 aromatic rings. The fourth-order valence-electron chi connectivity index (χ4n) is 3.80. The van der Waals surface area contributed by atoms with Crippen molar-refractivity contribution >= 4 is 27.6 Å². The zero-order valence-corrected chi connectivity index (χ0v) is 19.2. The van der Waals surface area contributed by atoms with Gasteiger partial charge in [0.25, 0.3) is 0 Å². The molecule has 2 aromatic carbocycles. The molecule has 4 rings (SSSR count). The number of rotatable bonds is 4. The number of aromatic nitrogens is 1. The summed E-state index contributed by atoms with van der Waals surface area (Å²) in [5, 5.41) is 6.95. The summed E-state index contributed by atoms with van der Waals surface area (Å²) in [6.45, 7) is 11.4. The zero-order chi connectivity index (χ0) is 23.5. The molecule has 0 saturated heterocycles. The molecule has 0 aromatic heterocycles. The van der Waals surface area contributed by atoms with Crippen molar-refractivity contribution in [1.29, 1.82) is 0 Å². The molecule has 32 heavy (non-hydrogen) atoms. The lowest BCUT2D eigenvalue weighted by Gasteiger charge is -2.17. The van der Waals surface area contributed by atoms with Crippen LogP contribution in [-0.2, 0) is 0 Å². The van der Waals surface area contributed by atoms with Gasteiger partial charge in [0, 0.05) is 23.7 Å². The van der Waals surface area contributed by atoms with Gasteiger partial charge in [0.05, 0.1) is 11.5 Å². The Hall–Kier alpha value is -2.75. The van der Waals surface area contributed by atoms with E-state index in [0.29, 0.717) is 0 Å². The van der Waals surface area contributed by atoms with Crippen LogP contribution in [0.25, 0.3) is 33.3 Å². The van der Waals surface area contributed by atoms with E-state index in [-0.39, 0.29) is 0 Å². The van der Waals surface area contributed by atoms with Crippen LogP contribution in [0.4, 0.5) is 5.69 Å². The Labute approximate surface area is 188 Å². The molecule has 0 spiro atoms. The summed E-state index contributed by atoms with van der Waals surface area (Å²) in [4.78, 5) is 4.98. The van der Waals surface area contributed by atoms with Gasteiger partial charge in [-0.3, -0.25) is 0 Å². The molecule has 1 N–H and O–H groups in total. The molecule has 1 aliphatic carbocycles. The molecule has 2 aliphatic rings. The fourth-order valence-corrected chi connectivity index (χ4v) is 3.80. The Morgan fingerprint density at radius 2 is 1.59 bits per heavy atom. The van der Waals surface area contributed by atoms with Gasteiger partial charge in [0.15, 0.2) is 11.3 Å². The lowest BCUT2D eigenvalue weighted by Crippen LogP contribution is -2.68. The average molecular weight is 460 g/mol. The van der Waals surface area contributed by atoms with Crippen LogP contribution >= 0.6 is 0 Å². The number of nitrogens with zero attached hydrogens (tertiary/aromatic N) is 2. The number of benzene rings is 3. The van der Waals surface area contributed by atoms with Gasteiger partial charge in [-0.25, -0.2) is 28.2 Å². The van der Waals surface area contributed by atoms with E-state index in [1.165, 1.54) is 16.3 Å². The number of aryl methyl sites for hydroxylation is 1. The first-order chi connectivity index (χ1) is 15.2. The van der Waals surface area contributed by atoms with Crippen LogP contribution in [0.5, 0.6) is 0 Å². The molecule has 1 aliphatic heterocycles. The largest absolute Gasteiger partial charge is 0.452 e. The molecule has 0 amide bonds. The molecule has 8 nitrogen and oxygen atoms in total. The molecule has 170 valence electrons. The molecule has 1 heterocycles. The molecule has 0 unspecified atom stereocenters. The van der Waals surface area contributed by atoms with Crippen molar-refractivity contribution in [2.45, 2.75) is 27.7 Å². The maximum Gasteiger partial charge on any atom is 0.211 e. The van der Waals surface area contributed by atoms with Gasteiger partial charge in [0.2, 0.25) is 5.36 Å². The number of nitrogens with one attached hydrogen (secondary N) is 1. The van der Waals surface area contributed by atoms with Crippen LogP contribution in [-0.4, -0.2) is 24.6 Å². The van der Waals surface area contributed by atoms with E-state index in [1.54, 1.807) is 0 Å². The predicted octanol–water partition coefficient (Wildman–Crippen LogP) is -0.118. The second kappa shape index (κ2) is 9.81. The molecule has 9 heteroatoms. The summed E-state index contributed by atoms with van der Waals surface area (Å²) in [7, 11) is -4.94. The lowest BCUT2D eigenvalue weighted by atomic mass is 10.0. The summed E-state index contributed by atoms with van der Waals surface area (Å²) >= 11 is 0. The lowest BCUT2D eigenvalue weighted by molar-refractivity contribution is -2.00. The first kappa shape index (κ1) is 23.9. The molecule has 0 atom stereocenters. The standard InChI is InChI=1S/C23H25N3O.ClHO4/c1-5-24-18-13-21-19(12-15(18)4)25-23-17-11-9-8-10-16(17)20(14-22(23)27-21)26(6-2)7-3;2-1(3,4)5/h8-14H,5-7H2,1-4H3;(H,2,3,4,5). The number of hydrogen-bond acceptors (Lipinski definition) is 7. The van der Waals surface area contributed by atoms with Crippen molar-refractivity contribution in [3.8, 4) is 11.5 Å². The van der Waals surface area contributed by atoms with Crippen molar-refractivity contribution in [3.05, 3.63) is 53.4 Å². The SMILES string of the molecule is CCNc1cc2oc3cc(=[N+](CC)CC)c4ccccc4c-3nc2cc1C.[O-][Cl+3]([O-])([O-])[O-]. The van der Waals surface area contributed by atoms with E-state index in [9.17, 15) is 0 Å². The normalized spacial score (nSPS) is 11.5. The molecular weight excluding hydrogens is 434 g/mol.